The number of halogens is 3. The van der Waals surface area contributed by atoms with E-state index in [2.05, 4.69) is 15.2 Å². The fraction of sp³-hybridized carbons (Fsp3) is 0.600. The molecule has 2 unspecified atom stereocenters. The van der Waals surface area contributed by atoms with E-state index in [-0.39, 0.29) is 28.7 Å². The number of likely N-dealkylation sites (tertiary alicyclic amines) is 1. The molecule has 1 saturated heterocycles. The number of thioether (sulfide) groups is 1. The third-order valence-electron chi connectivity index (χ3n) is 5.88. The molecule has 0 N–H and O–H groups in total. The number of carbonyl (C=O) groups excluding carboxylic acids is 1. The predicted octanol–water partition coefficient (Wildman–Crippen LogP) is 4.18. The number of hydrogen-bond acceptors (Lipinski definition) is 5. The van der Waals surface area contributed by atoms with E-state index in [0.29, 0.717) is 11.5 Å². The summed E-state index contributed by atoms with van der Waals surface area (Å²) in [7, 11) is 0. The smallest absolute Gasteiger partial charge is 0.339 e. The molecule has 3 heterocycles. The first kappa shape index (κ1) is 21.1. The Morgan fingerprint density at radius 3 is 2.60 bits per heavy atom. The summed E-state index contributed by atoms with van der Waals surface area (Å²) in [6, 6.07) is 3.46. The van der Waals surface area contributed by atoms with Crippen molar-refractivity contribution >= 4 is 17.7 Å². The van der Waals surface area contributed by atoms with Crippen LogP contribution in [0.15, 0.2) is 29.7 Å². The third kappa shape index (κ3) is 4.79. The summed E-state index contributed by atoms with van der Waals surface area (Å²) in [4.78, 5) is 18.8. The van der Waals surface area contributed by atoms with Crippen LogP contribution in [0, 0.1) is 5.92 Å². The van der Waals surface area contributed by atoms with Gasteiger partial charge in [-0.15, -0.1) is 10.2 Å². The normalized spacial score (nSPS) is 22.0. The number of piperidine rings is 1. The molecule has 1 amide bonds. The van der Waals surface area contributed by atoms with Gasteiger partial charge in [0.15, 0.2) is 11.0 Å². The number of hydrogen-bond donors (Lipinski definition) is 0. The van der Waals surface area contributed by atoms with Crippen molar-refractivity contribution < 1.29 is 18.0 Å². The molecule has 0 spiro atoms. The number of aromatic nitrogens is 4. The van der Waals surface area contributed by atoms with Crippen molar-refractivity contribution in [2.45, 2.75) is 62.4 Å². The molecule has 162 valence electrons. The van der Waals surface area contributed by atoms with Crippen molar-refractivity contribution in [1.29, 1.82) is 0 Å². The third-order valence-corrected chi connectivity index (χ3v) is 6.83. The van der Waals surface area contributed by atoms with Crippen molar-refractivity contribution in [1.82, 2.24) is 24.6 Å². The zero-order valence-electron chi connectivity index (χ0n) is 16.5. The van der Waals surface area contributed by atoms with Crippen molar-refractivity contribution in [3.05, 3.63) is 24.5 Å². The summed E-state index contributed by atoms with van der Waals surface area (Å²) >= 11 is 1.03. The Balaban J connectivity index is 1.50. The van der Waals surface area contributed by atoms with Gasteiger partial charge in [-0.2, -0.15) is 13.2 Å². The van der Waals surface area contributed by atoms with E-state index < -0.39 is 12.7 Å². The van der Waals surface area contributed by atoms with E-state index in [4.69, 9.17) is 0 Å². The monoisotopic (exact) mass is 439 g/mol. The van der Waals surface area contributed by atoms with Gasteiger partial charge in [0.1, 0.15) is 6.54 Å². The molecule has 4 rings (SSSR count). The lowest BCUT2D eigenvalue weighted by atomic mass is 9.78. The standard InChI is InChI=1S/C20H24F3N5OS/c21-20(22,23)13-28-18(15-7-9-24-10-8-15)25-26-19(28)30-12-17(29)27-11-3-5-14-4-1-2-6-16(14)27/h7-10,14,16H,1-6,11-13H2. The number of alkyl halides is 3. The van der Waals surface area contributed by atoms with E-state index >= 15 is 0 Å². The summed E-state index contributed by atoms with van der Waals surface area (Å²) in [5.74, 6) is 0.725. The number of pyridine rings is 1. The van der Waals surface area contributed by atoms with Crippen LogP contribution < -0.4 is 0 Å². The van der Waals surface area contributed by atoms with Crippen molar-refractivity contribution in [3.8, 4) is 11.4 Å². The highest BCUT2D eigenvalue weighted by Crippen LogP contribution is 2.36. The summed E-state index contributed by atoms with van der Waals surface area (Å²) in [5, 5.41) is 8.03. The molecule has 2 aromatic rings. The Bertz CT molecular complexity index is 871. The van der Waals surface area contributed by atoms with Gasteiger partial charge in [-0.3, -0.25) is 14.3 Å². The van der Waals surface area contributed by atoms with Gasteiger partial charge in [-0.1, -0.05) is 24.6 Å². The molecule has 6 nitrogen and oxygen atoms in total. The van der Waals surface area contributed by atoms with Crippen molar-refractivity contribution in [2.75, 3.05) is 12.3 Å². The minimum absolute atomic E-state index is 0.0244. The Hall–Kier alpha value is -2.10. The van der Waals surface area contributed by atoms with Crippen LogP contribution >= 0.6 is 11.8 Å². The lowest BCUT2D eigenvalue weighted by Gasteiger charge is -2.44. The van der Waals surface area contributed by atoms with Gasteiger partial charge >= 0.3 is 6.18 Å². The minimum Gasteiger partial charge on any atom is -0.339 e. The molecular weight excluding hydrogens is 415 g/mol. The molecule has 2 aromatic heterocycles. The highest BCUT2D eigenvalue weighted by Gasteiger charge is 2.36. The van der Waals surface area contributed by atoms with E-state index in [9.17, 15) is 18.0 Å². The maximum Gasteiger partial charge on any atom is 0.406 e. The Morgan fingerprint density at radius 1 is 1.10 bits per heavy atom. The molecule has 2 fully saturated rings. The number of nitrogens with zero attached hydrogens (tertiary/aromatic N) is 5. The lowest BCUT2D eigenvalue weighted by Crippen LogP contribution is -2.50. The molecule has 30 heavy (non-hydrogen) atoms. The zero-order valence-corrected chi connectivity index (χ0v) is 17.3. The molecule has 1 aliphatic heterocycles. The van der Waals surface area contributed by atoms with E-state index in [1.165, 1.54) is 18.8 Å². The van der Waals surface area contributed by atoms with Crippen molar-refractivity contribution in [2.24, 2.45) is 5.92 Å². The summed E-state index contributed by atoms with van der Waals surface area (Å²) in [6.07, 6.45) is 5.26. The Labute approximate surface area is 177 Å². The number of fused-ring (bicyclic) bond motifs is 1. The molecule has 10 heteroatoms. The van der Waals surface area contributed by atoms with E-state index in [0.717, 1.165) is 55.0 Å². The fourth-order valence-electron chi connectivity index (χ4n) is 4.58. The van der Waals surface area contributed by atoms with Crippen LogP contribution in [0.25, 0.3) is 11.4 Å². The summed E-state index contributed by atoms with van der Waals surface area (Å²) < 4.78 is 40.6. The second kappa shape index (κ2) is 8.95. The second-order valence-electron chi connectivity index (χ2n) is 7.87. The van der Waals surface area contributed by atoms with Gasteiger partial charge < -0.3 is 4.90 Å². The van der Waals surface area contributed by atoms with Crippen LogP contribution in [-0.4, -0.2) is 55.1 Å². The predicted molar refractivity (Wildman–Crippen MR) is 107 cm³/mol. The van der Waals surface area contributed by atoms with Crippen LogP contribution in [0.1, 0.15) is 38.5 Å². The van der Waals surface area contributed by atoms with Gasteiger partial charge in [0.2, 0.25) is 5.91 Å². The average molecular weight is 440 g/mol. The molecular formula is C20H24F3N5OS. The van der Waals surface area contributed by atoms with Crippen LogP contribution in [0.5, 0.6) is 0 Å². The molecule has 0 aromatic carbocycles. The molecule has 2 aliphatic rings. The summed E-state index contributed by atoms with van der Waals surface area (Å²) in [5.41, 5.74) is 0.501. The molecule has 2 atom stereocenters. The molecule has 1 saturated carbocycles. The highest BCUT2D eigenvalue weighted by molar-refractivity contribution is 7.99. The maximum absolute atomic E-state index is 13.2. The average Bonchev–Trinajstić information content (AvgIpc) is 3.13. The van der Waals surface area contributed by atoms with E-state index in [1.807, 2.05) is 4.90 Å². The van der Waals surface area contributed by atoms with Gasteiger partial charge in [0.25, 0.3) is 0 Å². The topological polar surface area (TPSA) is 63.9 Å². The van der Waals surface area contributed by atoms with Crippen LogP contribution in [0.2, 0.25) is 0 Å². The van der Waals surface area contributed by atoms with Crippen LogP contribution in [0.3, 0.4) is 0 Å². The first-order chi connectivity index (χ1) is 14.4. The van der Waals surface area contributed by atoms with Crippen LogP contribution in [-0.2, 0) is 11.3 Å². The van der Waals surface area contributed by atoms with Crippen molar-refractivity contribution in [3.63, 3.8) is 0 Å². The van der Waals surface area contributed by atoms with Gasteiger partial charge in [0, 0.05) is 30.5 Å². The fourth-order valence-corrected chi connectivity index (χ4v) is 5.40. The SMILES string of the molecule is O=C(CSc1nnc(-c2ccncc2)n1CC(F)(F)F)N1CCCC2CCCCC21. The molecule has 0 bridgehead atoms. The molecule has 1 aliphatic carbocycles. The van der Waals surface area contributed by atoms with E-state index in [1.54, 1.807) is 12.1 Å². The van der Waals surface area contributed by atoms with Gasteiger partial charge in [0.05, 0.1) is 5.75 Å². The van der Waals surface area contributed by atoms with Gasteiger partial charge in [-0.05, 0) is 43.7 Å². The first-order valence-electron chi connectivity index (χ1n) is 10.2. The highest BCUT2D eigenvalue weighted by atomic mass is 32.2. The number of rotatable bonds is 5. The number of amides is 1. The van der Waals surface area contributed by atoms with Gasteiger partial charge in [-0.25, -0.2) is 0 Å². The lowest BCUT2D eigenvalue weighted by molar-refractivity contribution is -0.141. The number of carbonyl (C=O) groups is 1. The first-order valence-corrected chi connectivity index (χ1v) is 11.2. The molecule has 0 radical (unpaired) electrons. The van der Waals surface area contributed by atoms with Crippen LogP contribution in [0.4, 0.5) is 13.2 Å². The quantitative estimate of drug-likeness (QED) is 0.654. The largest absolute Gasteiger partial charge is 0.406 e. The maximum atomic E-state index is 13.2. The zero-order chi connectivity index (χ0) is 21.1. The summed E-state index contributed by atoms with van der Waals surface area (Å²) in [6.45, 7) is -0.472. The Kier molecular flexibility index (Phi) is 6.31. The Morgan fingerprint density at radius 2 is 1.83 bits per heavy atom. The minimum atomic E-state index is -4.42. The second-order valence-corrected chi connectivity index (χ2v) is 8.82.